The van der Waals surface area contributed by atoms with Crippen LogP contribution in [0, 0.1) is 5.92 Å². The molecule has 1 amide bonds. The Hall–Kier alpha value is -3.47. The van der Waals surface area contributed by atoms with Gasteiger partial charge in [0.25, 0.3) is 5.91 Å². The Morgan fingerprint density at radius 3 is 2.58 bits per heavy atom. The molecule has 0 saturated heterocycles. The second-order valence-electron chi connectivity index (χ2n) is 8.35. The molecule has 4 aromatic rings. The number of benzene rings is 2. The Kier molecular flexibility index (Phi) is 5.24. The first-order chi connectivity index (χ1) is 15.2. The highest BCUT2D eigenvalue weighted by Gasteiger charge is 2.29. The van der Waals surface area contributed by atoms with Crippen LogP contribution in [-0.2, 0) is 13.5 Å². The van der Waals surface area contributed by atoms with E-state index in [2.05, 4.69) is 52.0 Å². The minimum absolute atomic E-state index is 0.0286. The number of aromatic nitrogens is 3. The predicted molar refractivity (Wildman–Crippen MR) is 123 cm³/mol. The molecule has 1 saturated carbocycles. The summed E-state index contributed by atoms with van der Waals surface area (Å²) in [7, 11) is 2.07. The summed E-state index contributed by atoms with van der Waals surface area (Å²) in [4.78, 5) is 24.5. The van der Waals surface area contributed by atoms with Crippen molar-refractivity contribution in [1.29, 1.82) is 0 Å². The van der Waals surface area contributed by atoms with Gasteiger partial charge in [0.2, 0.25) is 0 Å². The molecule has 1 aliphatic rings. The van der Waals surface area contributed by atoms with Gasteiger partial charge in [0.15, 0.2) is 5.69 Å². The number of fused-ring (bicyclic) bond motifs is 1. The van der Waals surface area contributed by atoms with E-state index in [1.807, 2.05) is 35.2 Å². The Bertz CT molecular complexity index is 1210. The van der Waals surface area contributed by atoms with Crippen molar-refractivity contribution in [1.82, 2.24) is 19.4 Å². The second-order valence-corrected chi connectivity index (χ2v) is 8.35. The van der Waals surface area contributed by atoms with E-state index < -0.39 is 0 Å². The van der Waals surface area contributed by atoms with Gasteiger partial charge in [0.1, 0.15) is 5.69 Å². The Morgan fingerprint density at radius 1 is 1.03 bits per heavy atom. The quantitative estimate of drug-likeness (QED) is 0.443. The maximum absolute atomic E-state index is 13.6. The van der Waals surface area contributed by atoms with Crippen LogP contribution in [0.4, 0.5) is 0 Å². The molecule has 156 valence electrons. The maximum atomic E-state index is 13.6. The van der Waals surface area contributed by atoms with Gasteiger partial charge in [-0.3, -0.25) is 9.78 Å². The third kappa shape index (κ3) is 4.08. The molecular formula is C26H26N4O. The summed E-state index contributed by atoms with van der Waals surface area (Å²) < 4.78 is 2.16. The lowest BCUT2D eigenvalue weighted by atomic mass is 10.1. The van der Waals surface area contributed by atoms with Crippen molar-refractivity contribution in [3.63, 3.8) is 0 Å². The number of nitrogens with zero attached hydrogens (tertiary/aromatic N) is 4. The van der Waals surface area contributed by atoms with E-state index in [9.17, 15) is 4.79 Å². The zero-order chi connectivity index (χ0) is 21.2. The Morgan fingerprint density at radius 2 is 1.77 bits per heavy atom. The van der Waals surface area contributed by atoms with Crippen LogP contribution >= 0.6 is 0 Å². The van der Waals surface area contributed by atoms with Crippen LogP contribution in [-0.4, -0.2) is 38.4 Å². The normalized spacial score (nSPS) is 13.5. The van der Waals surface area contributed by atoms with Gasteiger partial charge in [-0.25, -0.2) is 4.98 Å². The van der Waals surface area contributed by atoms with Crippen molar-refractivity contribution in [2.45, 2.75) is 19.3 Å². The highest BCUT2D eigenvalue weighted by Crippen LogP contribution is 2.31. The largest absolute Gasteiger partial charge is 0.350 e. The molecule has 0 bridgehead atoms. The number of amides is 1. The van der Waals surface area contributed by atoms with Crippen LogP contribution in [0.25, 0.3) is 22.2 Å². The summed E-state index contributed by atoms with van der Waals surface area (Å²) in [5.74, 6) is 0.576. The van der Waals surface area contributed by atoms with E-state index in [4.69, 9.17) is 0 Å². The third-order valence-electron chi connectivity index (χ3n) is 6.04. The van der Waals surface area contributed by atoms with Gasteiger partial charge >= 0.3 is 0 Å². The van der Waals surface area contributed by atoms with Crippen LogP contribution in [0.2, 0.25) is 0 Å². The summed E-state index contributed by atoms with van der Waals surface area (Å²) in [5, 5.41) is 1.26. The minimum Gasteiger partial charge on any atom is -0.350 e. The van der Waals surface area contributed by atoms with E-state index in [0.717, 1.165) is 18.5 Å². The van der Waals surface area contributed by atoms with Crippen molar-refractivity contribution in [3.05, 3.63) is 84.4 Å². The summed E-state index contributed by atoms with van der Waals surface area (Å²) >= 11 is 0. The molecule has 5 rings (SSSR count). The Balaban J connectivity index is 1.42. The number of carbonyl (C=O) groups is 1. The third-order valence-corrected chi connectivity index (χ3v) is 6.04. The molecule has 0 atom stereocenters. The summed E-state index contributed by atoms with van der Waals surface area (Å²) in [6, 6.07) is 18.3. The topological polar surface area (TPSA) is 51.0 Å². The van der Waals surface area contributed by atoms with Crippen molar-refractivity contribution >= 4 is 16.8 Å². The SMILES string of the molecule is Cn1cc(CCN(CC2CC2)C(=O)c2nccnc2-c2ccccc2)c2ccccc21. The minimum atomic E-state index is -0.0286. The van der Waals surface area contributed by atoms with Gasteiger partial charge in [-0.05, 0) is 36.8 Å². The van der Waals surface area contributed by atoms with Crippen molar-refractivity contribution < 1.29 is 4.79 Å². The van der Waals surface area contributed by atoms with Gasteiger partial charge in [-0.1, -0.05) is 48.5 Å². The monoisotopic (exact) mass is 410 g/mol. The summed E-state index contributed by atoms with van der Waals surface area (Å²) in [6.07, 6.45) is 8.66. The molecule has 1 aliphatic carbocycles. The van der Waals surface area contributed by atoms with Gasteiger partial charge in [-0.2, -0.15) is 0 Å². The number of carbonyl (C=O) groups excluding carboxylic acids is 1. The molecule has 0 unspecified atom stereocenters. The van der Waals surface area contributed by atoms with E-state index in [-0.39, 0.29) is 5.91 Å². The smallest absolute Gasteiger partial charge is 0.274 e. The average molecular weight is 411 g/mol. The fourth-order valence-electron chi connectivity index (χ4n) is 4.22. The molecular weight excluding hydrogens is 384 g/mol. The number of hydrogen-bond donors (Lipinski definition) is 0. The van der Waals surface area contributed by atoms with E-state index in [1.54, 1.807) is 12.4 Å². The van der Waals surface area contributed by atoms with E-state index >= 15 is 0 Å². The standard InChI is InChI=1S/C26H26N4O/c1-29-18-21(22-9-5-6-10-23(22)29)13-16-30(17-19-11-12-19)26(31)25-24(27-14-15-28-25)20-7-3-2-4-8-20/h2-10,14-15,18-19H,11-13,16-17H2,1H3. The summed E-state index contributed by atoms with van der Waals surface area (Å²) in [6.45, 7) is 1.46. The Labute approximate surface area is 182 Å². The fourth-order valence-corrected chi connectivity index (χ4v) is 4.22. The van der Waals surface area contributed by atoms with Crippen molar-refractivity contribution in [2.24, 2.45) is 13.0 Å². The van der Waals surface area contributed by atoms with Crippen LogP contribution < -0.4 is 0 Å². The molecule has 2 aromatic carbocycles. The average Bonchev–Trinajstić information content (AvgIpc) is 3.59. The van der Waals surface area contributed by atoms with Crippen LogP contribution in [0.3, 0.4) is 0 Å². The zero-order valence-electron chi connectivity index (χ0n) is 17.7. The van der Waals surface area contributed by atoms with Gasteiger partial charge < -0.3 is 9.47 Å². The molecule has 0 N–H and O–H groups in total. The zero-order valence-corrected chi connectivity index (χ0v) is 17.7. The number of aryl methyl sites for hydroxylation is 1. The number of para-hydroxylation sites is 1. The van der Waals surface area contributed by atoms with Crippen LogP contribution in [0.5, 0.6) is 0 Å². The van der Waals surface area contributed by atoms with Gasteiger partial charge in [0.05, 0.1) is 0 Å². The molecule has 5 nitrogen and oxygen atoms in total. The van der Waals surface area contributed by atoms with Gasteiger partial charge in [-0.15, -0.1) is 0 Å². The number of rotatable bonds is 7. The molecule has 2 heterocycles. The molecule has 0 spiro atoms. The summed E-state index contributed by atoms with van der Waals surface area (Å²) in [5.41, 5.74) is 4.50. The lowest BCUT2D eigenvalue weighted by molar-refractivity contribution is 0.0744. The molecule has 5 heteroatoms. The van der Waals surface area contributed by atoms with E-state index in [1.165, 1.54) is 29.3 Å². The van der Waals surface area contributed by atoms with Gasteiger partial charge in [0, 0.05) is 55.2 Å². The van der Waals surface area contributed by atoms with E-state index in [0.29, 0.717) is 23.9 Å². The molecule has 2 aromatic heterocycles. The molecule has 0 aliphatic heterocycles. The second kappa shape index (κ2) is 8.34. The maximum Gasteiger partial charge on any atom is 0.274 e. The first-order valence-corrected chi connectivity index (χ1v) is 10.9. The van der Waals surface area contributed by atoms with Crippen LogP contribution in [0.15, 0.2) is 73.2 Å². The first kappa shape index (κ1) is 19.5. The highest BCUT2D eigenvalue weighted by molar-refractivity contribution is 5.98. The predicted octanol–water partition coefficient (Wildman–Crippen LogP) is 4.73. The number of hydrogen-bond acceptors (Lipinski definition) is 3. The molecule has 1 fully saturated rings. The van der Waals surface area contributed by atoms with Crippen LogP contribution in [0.1, 0.15) is 28.9 Å². The highest BCUT2D eigenvalue weighted by atomic mass is 16.2. The molecule has 31 heavy (non-hydrogen) atoms. The van der Waals surface area contributed by atoms with Crippen molar-refractivity contribution in [3.8, 4) is 11.3 Å². The lowest BCUT2D eigenvalue weighted by Gasteiger charge is -2.23. The lowest BCUT2D eigenvalue weighted by Crippen LogP contribution is -2.35. The first-order valence-electron chi connectivity index (χ1n) is 10.9. The fraction of sp³-hybridized carbons (Fsp3) is 0.269. The molecule has 0 radical (unpaired) electrons. The van der Waals surface area contributed by atoms with Crippen molar-refractivity contribution in [2.75, 3.05) is 13.1 Å².